The molecule has 0 radical (unpaired) electrons. The van der Waals surface area contributed by atoms with Crippen molar-refractivity contribution >= 4 is 29.6 Å². The van der Waals surface area contributed by atoms with Crippen molar-refractivity contribution in [3.63, 3.8) is 0 Å². The van der Waals surface area contributed by atoms with E-state index in [1.165, 1.54) is 0 Å². The zero-order chi connectivity index (χ0) is 33.6. The highest BCUT2D eigenvalue weighted by Gasteiger charge is 2.31. The summed E-state index contributed by atoms with van der Waals surface area (Å²) in [6, 6.07) is 6.92. The number of nitrogens with one attached hydrogen (secondary N) is 4. The van der Waals surface area contributed by atoms with Crippen LogP contribution in [0.1, 0.15) is 80.2 Å². The first kappa shape index (κ1) is 38.5. The number of alkyl carbamates (subject to hydrolysis) is 1. The van der Waals surface area contributed by atoms with Crippen LogP contribution >= 0.6 is 0 Å². The first-order chi connectivity index (χ1) is 20.4. The SMILES string of the molecule is CC(C)C[C@H](NCC(=O)[C@H](CC(N)=O)NC(=O)OC(C)(C)C)[C@@H](O)C[C@@H](C)C(=O)N[C@H](C(=O)NCc1ccccc1)C(C)C. The number of carbonyl (C=O) groups is 5. The molecule has 0 fully saturated rings. The van der Waals surface area contributed by atoms with E-state index in [4.69, 9.17) is 10.5 Å². The Morgan fingerprint density at radius 3 is 2.05 bits per heavy atom. The molecule has 12 nitrogen and oxygen atoms in total. The third kappa shape index (κ3) is 15.3. The summed E-state index contributed by atoms with van der Waals surface area (Å²) in [7, 11) is 0. The molecular weight excluding hydrogens is 566 g/mol. The van der Waals surface area contributed by atoms with Crippen LogP contribution in [-0.2, 0) is 30.5 Å². The summed E-state index contributed by atoms with van der Waals surface area (Å²) in [5.41, 5.74) is 5.43. The van der Waals surface area contributed by atoms with Gasteiger partial charge in [0.25, 0.3) is 0 Å². The Kier molecular flexibility index (Phi) is 16.0. The number of Topliss-reactive ketones (excluding diaryl/α,β-unsaturated/α-hetero) is 1. The quantitative estimate of drug-likeness (QED) is 0.144. The summed E-state index contributed by atoms with van der Waals surface area (Å²) in [5.74, 6) is -2.63. The van der Waals surface area contributed by atoms with Crippen molar-refractivity contribution in [1.29, 1.82) is 0 Å². The average molecular weight is 620 g/mol. The third-order valence-electron chi connectivity index (χ3n) is 6.81. The largest absolute Gasteiger partial charge is 0.444 e. The van der Waals surface area contributed by atoms with Crippen LogP contribution in [0.15, 0.2) is 30.3 Å². The minimum Gasteiger partial charge on any atom is -0.444 e. The van der Waals surface area contributed by atoms with Crippen molar-refractivity contribution in [1.82, 2.24) is 21.3 Å². The normalized spacial score (nSPS) is 15.1. The molecule has 0 bridgehead atoms. The number of carbonyl (C=O) groups excluding carboxylic acids is 5. The van der Waals surface area contributed by atoms with E-state index < -0.39 is 60.0 Å². The molecule has 1 aromatic rings. The molecule has 1 aromatic carbocycles. The van der Waals surface area contributed by atoms with E-state index in [2.05, 4.69) is 21.3 Å². The summed E-state index contributed by atoms with van der Waals surface area (Å²) >= 11 is 0. The smallest absolute Gasteiger partial charge is 0.408 e. The third-order valence-corrected chi connectivity index (χ3v) is 6.81. The monoisotopic (exact) mass is 619 g/mol. The van der Waals surface area contributed by atoms with Crippen LogP contribution in [0.4, 0.5) is 4.79 Å². The fraction of sp³-hybridized carbons (Fsp3) is 0.656. The molecule has 4 amide bonds. The fourth-order valence-corrected chi connectivity index (χ4v) is 4.49. The number of ketones is 1. The Balaban J connectivity index is 2.83. The lowest BCUT2D eigenvalue weighted by Crippen LogP contribution is -2.52. The van der Waals surface area contributed by atoms with Crippen LogP contribution in [0.3, 0.4) is 0 Å². The molecule has 0 aliphatic carbocycles. The van der Waals surface area contributed by atoms with Gasteiger partial charge in [0, 0.05) is 18.5 Å². The van der Waals surface area contributed by atoms with E-state index in [1.54, 1.807) is 27.7 Å². The van der Waals surface area contributed by atoms with Crippen molar-refractivity contribution in [3.8, 4) is 0 Å². The van der Waals surface area contributed by atoms with Crippen LogP contribution in [-0.4, -0.2) is 71.1 Å². The topological polar surface area (TPSA) is 189 Å². The molecule has 5 atom stereocenters. The molecule has 0 spiro atoms. The van der Waals surface area contributed by atoms with Crippen LogP contribution < -0.4 is 27.0 Å². The van der Waals surface area contributed by atoms with Crippen molar-refractivity contribution in [3.05, 3.63) is 35.9 Å². The predicted octanol–water partition coefficient (Wildman–Crippen LogP) is 2.17. The Bertz CT molecular complexity index is 1090. The zero-order valence-electron chi connectivity index (χ0n) is 27.4. The van der Waals surface area contributed by atoms with Gasteiger partial charge in [0.2, 0.25) is 17.7 Å². The van der Waals surface area contributed by atoms with E-state index in [-0.39, 0.29) is 36.6 Å². The van der Waals surface area contributed by atoms with Crippen LogP contribution in [0.2, 0.25) is 0 Å². The summed E-state index contributed by atoms with van der Waals surface area (Å²) in [4.78, 5) is 62.8. The van der Waals surface area contributed by atoms with Gasteiger partial charge < -0.3 is 36.8 Å². The van der Waals surface area contributed by atoms with Crippen molar-refractivity contribution < 1.29 is 33.8 Å². The maximum absolute atomic E-state index is 13.1. The van der Waals surface area contributed by atoms with Crippen molar-refractivity contribution in [2.24, 2.45) is 23.5 Å². The van der Waals surface area contributed by atoms with E-state index in [0.29, 0.717) is 13.0 Å². The van der Waals surface area contributed by atoms with Gasteiger partial charge >= 0.3 is 6.09 Å². The van der Waals surface area contributed by atoms with E-state index in [9.17, 15) is 29.1 Å². The summed E-state index contributed by atoms with van der Waals surface area (Å²) < 4.78 is 5.20. The maximum atomic E-state index is 13.1. The van der Waals surface area contributed by atoms with Gasteiger partial charge in [0.05, 0.1) is 19.1 Å². The Labute approximate surface area is 261 Å². The average Bonchev–Trinajstić information content (AvgIpc) is 2.90. The van der Waals surface area contributed by atoms with Crippen molar-refractivity contribution in [2.45, 2.75) is 111 Å². The molecule has 0 heterocycles. The number of rotatable bonds is 18. The second kappa shape index (κ2) is 18.3. The molecule has 0 aromatic heterocycles. The summed E-state index contributed by atoms with van der Waals surface area (Å²) in [6.45, 7) is 14.3. The minimum atomic E-state index is -1.21. The predicted molar refractivity (Wildman–Crippen MR) is 168 cm³/mol. The maximum Gasteiger partial charge on any atom is 0.408 e. The zero-order valence-corrected chi connectivity index (χ0v) is 27.4. The number of primary amides is 1. The van der Waals surface area contributed by atoms with E-state index in [1.807, 2.05) is 58.0 Å². The van der Waals surface area contributed by atoms with Gasteiger partial charge in [0.15, 0.2) is 5.78 Å². The van der Waals surface area contributed by atoms with Crippen LogP contribution in [0.5, 0.6) is 0 Å². The number of aliphatic hydroxyl groups excluding tert-OH is 1. The van der Waals surface area contributed by atoms with Gasteiger partial charge in [-0.2, -0.15) is 0 Å². The molecule has 0 saturated heterocycles. The lowest BCUT2D eigenvalue weighted by molar-refractivity contribution is -0.132. The van der Waals surface area contributed by atoms with Crippen LogP contribution in [0, 0.1) is 17.8 Å². The first-order valence-electron chi connectivity index (χ1n) is 15.2. The number of ether oxygens (including phenoxy) is 1. The lowest BCUT2D eigenvalue weighted by Gasteiger charge is -2.29. The molecule has 0 saturated carbocycles. The lowest BCUT2D eigenvalue weighted by atomic mass is 9.91. The highest BCUT2D eigenvalue weighted by molar-refractivity contribution is 5.93. The summed E-state index contributed by atoms with van der Waals surface area (Å²) in [6.07, 6.45) is -1.72. The van der Waals surface area contributed by atoms with Crippen LogP contribution in [0.25, 0.3) is 0 Å². The standard InChI is InChI=1S/C32H53N5O7/c1-19(2)14-23(34-18-26(39)24(16-27(33)40)36-31(43)44-32(6,7)8)25(38)15-21(5)29(41)37-28(20(3)4)30(42)35-17-22-12-10-9-11-13-22/h9-13,19-21,23-25,28,34,38H,14-18H2,1-8H3,(H2,33,40)(H,35,42)(H,36,43)(H,37,41)/t21-,23+,24+,25+,28+/m1/s1. The minimum absolute atomic E-state index is 0.0712. The number of aliphatic hydroxyl groups is 1. The fourth-order valence-electron chi connectivity index (χ4n) is 4.49. The van der Waals surface area contributed by atoms with Crippen molar-refractivity contribution in [2.75, 3.05) is 6.54 Å². The molecule has 12 heteroatoms. The van der Waals surface area contributed by atoms with Gasteiger partial charge in [-0.3, -0.25) is 19.2 Å². The molecule has 0 aliphatic heterocycles. The molecule has 7 N–H and O–H groups in total. The first-order valence-corrected chi connectivity index (χ1v) is 15.2. The Morgan fingerprint density at radius 1 is 0.909 bits per heavy atom. The Hall–Kier alpha value is -3.51. The van der Waals surface area contributed by atoms with E-state index in [0.717, 1.165) is 5.56 Å². The second-order valence-corrected chi connectivity index (χ2v) is 13.1. The highest BCUT2D eigenvalue weighted by Crippen LogP contribution is 2.17. The number of hydrogen-bond acceptors (Lipinski definition) is 8. The number of hydrogen-bond donors (Lipinski definition) is 6. The van der Waals surface area contributed by atoms with Gasteiger partial charge in [0.1, 0.15) is 17.7 Å². The molecule has 0 unspecified atom stereocenters. The second-order valence-electron chi connectivity index (χ2n) is 13.1. The van der Waals surface area contributed by atoms with Gasteiger partial charge in [-0.15, -0.1) is 0 Å². The van der Waals surface area contributed by atoms with Gasteiger partial charge in [-0.1, -0.05) is 65.0 Å². The number of benzene rings is 1. The molecule has 1 rings (SSSR count). The molecule has 248 valence electrons. The Morgan fingerprint density at radius 2 is 1.52 bits per heavy atom. The van der Waals surface area contributed by atoms with Gasteiger partial charge in [-0.25, -0.2) is 4.79 Å². The molecule has 0 aliphatic rings. The van der Waals surface area contributed by atoms with Gasteiger partial charge in [-0.05, 0) is 51.0 Å². The highest BCUT2D eigenvalue weighted by atomic mass is 16.6. The molecule has 44 heavy (non-hydrogen) atoms. The summed E-state index contributed by atoms with van der Waals surface area (Å²) in [5, 5.41) is 22.2. The molecular formula is C32H53N5O7. The number of amides is 4. The van der Waals surface area contributed by atoms with E-state index >= 15 is 0 Å². The number of nitrogens with two attached hydrogens (primary N) is 1.